The van der Waals surface area contributed by atoms with Crippen LogP contribution in [0.5, 0.6) is 0 Å². The first-order chi connectivity index (χ1) is 14.5. The fourth-order valence-corrected chi connectivity index (χ4v) is 3.37. The number of H-pyrrole nitrogens is 1. The van der Waals surface area contributed by atoms with Crippen molar-refractivity contribution in [2.45, 2.75) is 39.0 Å². The molecule has 1 saturated carbocycles. The van der Waals surface area contributed by atoms with Crippen LogP contribution >= 0.6 is 0 Å². The second kappa shape index (κ2) is 8.19. The van der Waals surface area contributed by atoms with E-state index in [0.29, 0.717) is 52.3 Å². The Morgan fingerprint density at radius 3 is 2.77 bits per heavy atom. The average molecular weight is 409 g/mol. The summed E-state index contributed by atoms with van der Waals surface area (Å²) in [6.45, 7) is 3.94. The molecule has 1 aliphatic carbocycles. The smallest absolute Gasteiger partial charge is 0.212 e. The van der Waals surface area contributed by atoms with Gasteiger partial charge in [-0.25, -0.2) is 9.37 Å². The molecular formula is C21H24FN7O. The quantitative estimate of drug-likeness (QED) is 0.436. The van der Waals surface area contributed by atoms with Crippen molar-refractivity contribution in [2.24, 2.45) is 5.73 Å². The molecule has 0 aliphatic heterocycles. The number of nitrogens with one attached hydrogen (secondary N) is 2. The molecule has 0 spiro atoms. The first-order valence-electron chi connectivity index (χ1n) is 9.95. The molecule has 1 amide bonds. The zero-order valence-corrected chi connectivity index (χ0v) is 16.9. The number of hydrogen-bond donors (Lipinski definition) is 3. The third kappa shape index (κ3) is 3.63. The third-order valence-corrected chi connectivity index (χ3v) is 5.12. The maximum atomic E-state index is 15.2. The molecule has 1 fully saturated rings. The second-order valence-electron chi connectivity index (χ2n) is 7.51. The average Bonchev–Trinajstić information content (AvgIpc) is 3.46. The summed E-state index contributed by atoms with van der Waals surface area (Å²) in [5.41, 5.74) is 9.21. The lowest BCUT2D eigenvalue weighted by atomic mass is 9.91. The Bertz CT molecular complexity index is 1210. The van der Waals surface area contributed by atoms with Gasteiger partial charge in [0, 0.05) is 22.7 Å². The topological polar surface area (TPSA) is 114 Å². The molecule has 0 saturated heterocycles. The number of aromatic amines is 1. The lowest BCUT2D eigenvalue weighted by Crippen LogP contribution is -2.12. The Labute approximate surface area is 172 Å². The normalized spacial score (nSPS) is 13.7. The van der Waals surface area contributed by atoms with E-state index in [9.17, 15) is 4.79 Å². The number of rotatable bonds is 5. The minimum Gasteiger partial charge on any atom is -0.330 e. The molecule has 0 radical (unpaired) electrons. The molecule has 5 rings (SSSR count). The standard InChI is InChI=1S/C18H18FN7O.C3H6/c1-9(3-20)15-17(19)10(2)16(11-4-23-25-18(11)15)12-6-26-7-13(22-8-27)24-14(26)5-21-12;1-2-3-1/h4-9H,3,20H2,1-2H3,(H,22,27)(H,23,25);1-3H2. The number of imidazole rings is 1. The van der Waals surface area contributed by atoms with Crippen molar-refractivity contribution in [3.63, 3.8) is 0 Å². The summed E-state index contributed by atoms with van der Waals surface area (Å²) in [7, 11) is 0. The third-order valence-electron chi connectivity index (χ3n) is 5.12. The second-order valence-corrected chi connectivity index (χ2v) is 7.51. The largest absolute Gasteiger partial charge is 0.330 e. The van der Waals surface area contributed by atoms with Gasteiger partial charge in [0.15, 0.2) is 11.5 Å². The fourth-order valence-electron chi connectivity index (χ4n) is 3.37. The Morgan fingerprint density at radius 2 is 2.10 bits per heavy atom. The molecule has 1 unspecified atom stereocenters. The molecule has 8 nitrogen and oxygen atoms in total. The van der Waals surface area contributed by atoms with E-state index < -0.39 is 0 Å². The highest BCUT2D eigenvalue weighted by Gasteiger charge is 2.23. The van der Waals surface area contributed by atoms with Crippen LogP contribution < -0.4 is 11.1 Å². The number of nitrogens with zero attached hydrogens (tertiary/aromatic N) is 4. The number of carbonyl (C=O) groups is 1. The van der Waals surface area contributed by atoms with E-state index in [4.69, 9.17) is 5.73 Å². The number of hydrogen-bond acceptors (Lipinski definition) is 5. The summed E-state index contributed by atoms with van der Waals surface area (Å²) in [5, 5.41) is 10.3. The van der Waals surface area contributed by atoms with E-state index in [1.165, 1.54) is 19.3 Å². The van der Waals surface area contributed by atoms with Crippen LogP contribution in [-0.2, 0) is 4.79 Å². The molecular weight excluding hydrogens is 385 g/mol. The summed E-state index contributed by atoms with van der Waals surface area (Å²) < 4.78 is 16.9. The van der Waals surface area contributed by atoms with Crippen LogP contribution in [0.2, 0.25) is 0 Å². The first-order valence-corrected chi connectivity index (χ1v) is 9.95. The SMILES string of the molecule is C1CC1.Cc1c(F)c(C(C)CN)c2[nH]ncc2c1-c1cn2cc(NC=O)nc2cn1. The molecule has 0 bridgehead atoms. The lowest BCUT2D eigenvalue weighted by Gasteiger charge is -2.17. The van der Waals surface area contributed by atoms with Crippen LogP contribution in [0, 0.1) is 12.7 Å². The van der Waals surface area contributed by atoms with Gasteiger partial charge in [-0.3, -0.25) is 14.9 Å². The highest BCUT2D eigenvalue weighted by molar-refractivity contribution is 5.97. The monoisotopic (exact) mass is 409 g/mol. The van der Waals surface area contributed by atoms with Crippen LogP contribution in [0.4, 0.5) is 10.2 Å². The highest BCUT2D eigenvalue weighted by atomic mass is 19.1. The van der Waals surface area contributed by atoms with Gasteiger partial charge in [0.1, 0.15) is 5.82 Å². The van der Waals surface area contributed by atoms with E-state index in [0.717, 1.165) is 5.39 Å². The Hall–Kier alpha value is -3.33. The maximum absolute atomic E-state index is 15.2. The molecule has 1 aromatic carbocycles. The van der Waals surface area contributed by atoms with Crippen LogP contribution in [0.1, 0.15) is 43.2 Å². The van der Waals surface area contributed by atoms with Crippen LogP contribution in [0.15, 0.2) is 24.8 Å². The number of amides is 1. The molecule has 4 N–H and O–H groups in total. The van der Waals surface area contributed by atoms with Gasteiger partial charge in [-0.1, -0.05) is 26.2 Å². The van der Waals surface area contributed by atoms with Gasteiger partial charge in [-0.15, -0.1) is 0 Å². The van der Waals surface area contributed by atoms with Gasteiger partial charge in [0.05, 0.1) is 29.8 Å². The van der Waals surface area contributed by atoms with Crippen LogP contribution in [-0.4, -0.2) is 37.5 Å². The Morgan fingerprint density at radius 1 is 1.33 bits per heavy atom. The Kier molecular flexibility index (Phi) is 5.45. The summed E-state index contributed by atoms with van der Waals surface area (Å²) >= 11 is 0. The predicted molar refractivity (Wildman–Crippen MR) is 114 cm³/mol. The summed E-state index contributed by atoms with van der Waals surface area (Å²) in [5.74, 6) is -0.0512. The molecule has 156 valence electrons. The van der Waals surface area contributed by atoms with Crippen molar-refractivity contribution in [3.05, 3.63) is 41.7 Å². The number of fused-ring (bicyclic) bond motifs is 2. The van der Waals surface area contributed by atoms with Gasteiger partial charge < -0.3 is 15.5 Å². The number of anilines is 1. The highest BCUT2D eigenvalue weighted by Crippen LogP contribution is 2.37. The molecule has 9 heteroatoms. The minimum absolute atomic E-state index is 0.151. The van der Waals surface area contributed by atoms with E-state index >= 15 is 4.39 Å². The van der Waals surface area contributed by atoms with Crippen molar-refractivity contribution in [1.29, 1.82) is 0 Å². The van der Waals surface area contributed by atoms with Crippen LogP contribution in [0.25, 0.3) is 27.8 Å². The molecule has 4 aromatic rings. The van der Waals surface area contributed by atoms with E-state index in [1.807, 2.05) is 6.92 Å². The number of benzene rings is 1. The van der Waals surface area contributed by atoms with Gasteiger partial charge in [0.25, 0.3) is 0 Å². The van der Waals surface area contributed by atoms with E-state index in [1.54, 1.807) is 36.1 Å². The van der Waals surface area contributed by atoms with Gasteiger partial charge in [0.2, 0.25) is 6.41 Å². The van der Waals surface area contributed by atoms with Gasteiger partial charge in [-0.2, -0.15) is 5.10 Å². The summed E-state index contributed by atoms with van der Waals surface area (Å²) in [4.78, 5) is 19.3. The van der Waals surface area contributed by atoms with Crippen molar-refractivity contribution in [2.75, 3.05) is 11.9 Å². The van der Waals surface area contributed by atoms with Crippen molar-refractivity contribution >= 4 is 28.8 Å². The number of aromatic nitrogens is 5. The molecule has 30 heavy (non-hydrogen) atoms. The predicted octanol–water partition coefficient (Wildman–Crippen LogP) is 3.52. The van der Waals surface area contributed by atoms with Crippen molar-refractivity contribution < 1.29 is 9.18 Å². The number of nitrogens with two attached hydrogens (primary N) is 1. The molecule has 3 aromatic heterocycles. The minimum atomic E-state index is -0.310. The number of halogens is 1. The fraction of sp³-hybridized carbons (Fsp3) is 0.333. The lowest BCUT2D eigenvalue weighted by molar-refractivity contribution is -0.105. The molecule has 3 heterocycles. The Balaban J connectivity index is 0.000000667. The van der Waals surface area contributed by atoms with E-state index in [-0.39, 0.29) is 11.7 Å². The van der Waals surface area contributed by atoms with Crippen LogP contribution in [0.3, 0.4) is 0 Å². The summed E-state index contributed by atoms with van der Waals surface area (Å²) in [6.07, 6.45) is 11.7. The van der Waals surface area contributed by atoms with Gasteiger partial charge >= 0.3 is 0 Å². The van der Waals surface area contributed by atoms with Crippen molar-refractivity contribution in [3.8, 4) is 11.3 Å². The number of carbonyl (C=O) groups excluding carboxylic acids is 1. The molecule has 1 atom stereocenters. The van der Waals surface area contributed by atoms with Gasteiger partial charge in [-0.05, 0) is 24.9 Å². The summed E-state index contributed by atoms with van der Waals surface area (Å²) in [6, 6.07) is 0. The zero-order valence-electron chi connectivity index (χ0n) is 16.9. The maximum Gasteiger partial charge on any atom is 0.212 e. The van der Waals surface area contributed by atoms with Crippen molar-refractivity contribution in [1.82, 2.24) is 24.6 Å². The molecule has 1 aliphatic rings. The van der Waals surface area contributed by atoms with E-state index in [2.05, 4.69) is 25.5 Å². The first kappa shape index (κ1) is 20.0. The zero-order chi connectivity index (χ0) is 21.3.